The number of methoxy groups -OCH3 is 1. The molecule has 7 nitrogen and oxygen atoms in total. The lowest BCUT2D eigenvalue weighted by Gasteiger charge is -2.18. The SMILES string of the molecule is COC[C@@H](O)COC1=CC=C(S(=O)(=O)c2cc(Cl)c(OC[C@H](O)CCl)c(Cl)c2)CC1. The first-order valence-corrected chi connectivity index (χ1v) is 11.8. The average Bonchev–Trinajstić information content (AvgIpc) is 2.71. The predicted octanol–water partition coefficient (Wildman–Crippen LogP) is 3.33. The van der Waals surface area contributed by atoms with Gasteiger partial charge in [-0.05, 0) is 30.7 Å². The minimum atomic E-state index is -3.83. The molecule has 0 heterocycles. The minimum absolute atomic E-state index is 0.00551. The third-order valence-corrected chi connectivity index (χ3v) is 6.92. The molecule has 0 aliphatic heterocycles. The Balaban J connectivity index is 2.15. The van der Waals surface area contributed by atoms with E-state index in [2.05, 4.69) is 0 Å². The summed E-state index contributed by atoms with van der Waals surface area (Å²) in [5, 5.41) is 19.1. The summed E-state index contributed by atoms with van der Waals surface area (Å²) in [6.45, 7) is 0.0718. The maximum absolute atomic E-state index is 13.0. The molecule has 0 unspecified atom stereocenters. The van der Waals surface area contributed by atoms with E-state index in [0.29, 0.717) is 12.2 Å². The Morgan fingerprint density at radius 2 is 1.63 bits per heavy atom. The van der Waals surface area contributed by atoms with Crippen molar-refractivity contribution in [1.29, 1.82) is 0 Å². The fourth-order valence-corrected chi connectivity index (χ4v) is 4.87. The second kappa shape index (κ2) is 11.6. The molecule has 1 aliphatic rings. The first-order chi connectivity index (χ1) is 14.2. The van der Waals surface area contributed by atoms with Gasteiger partial charge >= 0.3 is 0 Å². The van der Waals surface area contributed by atoms with Gasteiger partial charge in [-0.3, -0.25) is 0 Å². The first-order valence-electron chi connectivity index (χ1n) is 8.99. The normalized spacial score (nSPS) is 16.5. The molecule has 30 heavy (non-hydrogen) atoms. The number of hydrogen-bond donors (Lipinski definition) is 2. The van der Waals surface area contributed by atoms with Crippen molar-refractivity contribution in [3.05, 3.63) is 45.0 Å². The Kier molecular flexibility index (Phi) is 9.74. The minimum Gasteiger partial charge on any atom is -0.495 e. The molecule has 2 N–H and O–H groups in total. The number of rotatable bonds is 11. The Morgan fingerprint density at radius 1 is 1.00 bits per heavy atom. The number of benzene rings is 1. The number of sulfone groups is 1. The lowest BCUT2D eigenvalue weighted by Crippen LogP contribution is -2.21. The highest BCUT2D eigenvalue weighted by Gasteiger charge is 2.25. The summed E-state index contributed by atoms with van der Waals surface area (Å²) in [5.74, 6) is 0.617. The molecule has 0 fully saturated rings. The van der Waals surface area contributed by atoms with Crippen LogP contribution in [-0.2, 0) is 19.3 Å². The van der Waals surface area contributed by atoms with Gasteiger partial charge in [-0.15, -0.1) is 11.6 Å². The number of aliphatic hydroxyl groups excluding tert-OH is 2. The highest BCUT2D eigenvalue weighted by molar-refractivity contribution is 7.95. The van der Waals surface area contributed by atoms with Crippen molar-refractivity contribution in [1.82, 2.24) is 0 Å². The summed E-state index contributed by atoms with van der Waals surface area (Å²) < 4.78 is 41.6. The van der Waals surface area contributed by atoms with Gasteiger partial charge in [0.15, 0.2) is 5.75 Å². The van der Waals surface area contributed by atoms with Crippen molar-refractivity contribution in [3.8, 4) is 5.75 Å². The zero-order valence-electron chi connectivity index (χ0n) is 16.2. The van der Waals surface area contributed by atoms with Gasteiger partial charge in [-0.25, -0.2) is 8.42 Å². The molecule has 1 aromatic carbocycles. The van der Waals surface area contributed by atoms with Crippen LogP contribution in [0, 0.1) is 0 Å². The molecule has 168 valence electrons. The predicted molar refractivity (Wildman–Crippen MR) is 115 cm³/mol. The molecule has 11 heteroatoms. The second-order valence-corrected chi connectivity index (χ2v) is 9.65. The van der Waals surface area contributed by atoms with Gasteiger partial charge in [-0.1, -0.05) is 23.2 Å². The molecule has 0 radical (unpaired) electrons. The quantitative estimate of drug-likeness (QED) is 0.448. The molecule has 1 aromatic rings. The van der Waals surface area contributed by atoms with E-state index in [1.807, 2.05) is 0 Å². The molecule has 2 rings (SSSR count). The fraction of sp³-hybridized carbons (Fsp3) is 0.474. The second-order valence-electron chi connectivity index (χ2n) is 6.52. The molecule has 0 saturated heterocycles. The van der Waals surface area contributed by atoms with Crippen LogP contribution in [0.25, 0.3) is 0 Å². The van der Waals surface area contributed by atoms with Gasteiger partial charge in [-0.2, -0.15) is 0 Å². The summed E-state index contributed by atoms with van der Waals surface area (Å²) in [4.78, 5) is 0.118. The van der Waals surface area contributed by atoms with E-state index in [-0.39, 0.29) is 57.7 Å². The van der Waals surface area contributed by atoms with Crippen LogP contribution >= 0.6 is 34.8 Å². The number of aliphatic hydroxyl groups is 2. The number of halogens is 3. The summed E-state index contributed by atoms with van der Waals surface area (Å²) >= 11 is 17.8. The van der Waals surface area contributed by atoms with Crippen LogP contribution in [0.4, 0.5) is 0 Å². The van der Waals surface area contributed by atoms with E-state index in [0.717, 1.165) is 0 Å². The lowest BCUT2D eigenvalue weighted by molar-refractivity contribution is 0.0122. The third-order valence-electron chi connectivity index (χ3n) is 4.12. The maximum atomic E-state index is 13.0. The summed E-state index contributed by atoms with van der Waals surface area (Å²) in [5.41, 5.74) is 0. The highest BCUT2D eigenvalue weighted by atomic mass is 35.5. The lowest BCUT2D eigenvalue weighted by atomic mass is 10.1. The first kappa shape index (κ1) is 25.3. The molecule has 0 aromatic heterocycles. The topological polar surface area (TPSA) is 102 Å². The van der Waals surface area contributed by atoms with E-state index in [9.17, 15) is 18.6 Å². The molecule has 1 aliphatic carbocycles. The van der Waals surface area contributed by atoms with Crippen molar-refractivity contribution >= 4 is 44.6 Å². The Bertz CT molecular complexity index is 876. The van der Waals surface area contributed by atoms with Gasteiger partial charge in [0, 0.05) is 18.4 Å². The maximum Gasteiger partial charge on any atom is 0.202 e. The molecule has 2 atom stereocenters. The highest BCUT2D eigenvalue weighted by Crippen LogP contribution is 2.38. The van der Waals surface area contributed by atoms with Crippen molar-refractivity contribution in [2.24, 2.45) is 0 Å². The number of ether oxygens (including phenoxy) is 3. The van der Waals surface area contributed by atoms with E-state index in [4.69, 9.17) is 49.0 Å². The van der Waals surface area contributed by atoms with E-state index < -0.39 is 22.0 Å². The molecular weight excluding hydrogens is 479 g/mol. The standard InChI is InChI=1S/C19H23Cl3O7S/c1-27-9-13(24)11-28-14-2-4-15(5-3-14)30(25,26)16-6-17(21)19(18(22)7-16)29-10-12(23)8-20/h2,4,6-7,12-13,23-24H,3,5,8-11H2,1H3/t12-,13-/m1/s1. The van der Waals surface area contributed by atoms with Gasteiger partial charge in [0.25, 0.3) is 0 Å². The van der Waals surface area contributed by atoms with Crippen LogP contribution < -0.4 is 4.74 Å². The molecule has 0 amide bonds. The van der Waals surface area contributed by atoms with E-state index >= 15 is 0 Å². The number of alkyl halides is 1. The van der Waals surface area contributed by atoms with Gasteiger partial charge in [0.05, 0.1) is 33.2 Å². The van der Waals surface area contributed by atoms with Crippen LogP contribution in [0.15, 0.2) is 39.8 Å². The summed E-state index contributed by atoms with van der Waals surface area (Å²) in [6.07, 6.45) is 1.94. The zero-order chi connectivity index (χ0) is 22.3. The van der Waals surface area contributed by atoms with Crippen LogP contribution in [0.2, 0.25) is 10.0 Å². The van der Waals surface area contributed by atoms with Crippen LogP contribution in [0.5, 0.6) is 5.75 Å². The van der Waals surface area contributed by atoms with Crippen molar-refractivity contribution in [3.63, 3.8) is 0 Å². The Morgan fingerprint density at radius 3 is 2.17 bits per heavy atom. The summed E-state index contributed by atoms with van der Waals surface area (Å²) in [6, 6.07) is 2.51. The molecular formula is C19H23Cl3O7S. The Hall–Kier alpha value is -1.00. The van der Waals surface area contributed by atoms with Gasteiger partial charge in [0.2, 0.25) is 9.84 Å². The van der Waals surface area contributed by atoms with Crippen LogP contribution in [0.1, 0.15) is 12.8 Å². The van der Waals surface area contributed by atoms with Crippen LogP contribution in [0.3, 0.4) is 0 Å². The smallest absolute Gasteiger partial charge is 0.202 e. The zero-order valence-corrected chi connectivity index (χ0v) is 19.3. The van der Waals surface area contributed by atoms with Crippen LogP contribution in [-0.4, -0.2) is 63.6 Å². The molecule has 0 bridgehead atoms. The average molecular weight is 502 g/mol. The van der Waals surface area contributed by atoms with Crippen molar-refractivity contribution in [2.75, 3.05) is 32.8 Å². The Labute approximate surface area is 190 Å². The van der Waals surface area contributed by atoms with Crippen molar-refractivity contribution < 1.29 is 32.8 Å². The van der Waals surface area contributed by atoms with E-state index in [1.165, 1.54) is 25.3 Å². The fourth-order valence-electron chi connectivity index (χ4n) is 2.59. The number of allylic oxidation sites excluding steroid dienone is 4. The summed E-state index contributed by atoms with van der Waals surface area (Å²) in [7, 11) is -2.35. The largest absolute Gasteiger partial charge is 0.495 e. The third kappa shape index (κ3) is 6.75. The number of hydrogen-bond acceptors (Lipinski definition) is 7. The molecule has 0 spiro atoms. The van der Waals surface area contributed by atoms with Crippen molar-refractivity contribution in [2.45, 2.75) is 29.9 Å². The van der Waals surface area contributed by atoms with E-state index in [1.54, 1.807) is 6.08 Å². The van der Waals surface area contributed by atoms with Gasteiger partial charge < -0.3 is 24.4 Å². The monoisotopic (exact) mass is 500 g/mol. The van der Waals surface area contributed by atoms with Gasteiger partial charge in [0.1, 0.15) is 25.4 Å². The molecule has 0 saturated carbocycles.